The molecule has 0 aliphatic carbocycles. The van der Waals surface area contributed by atoms with Crippen LogP contribution in [-0.4, -0.2) is 54.5 Å². The fourth-order valence-electron chi connectivity index (χ4n) is 1.62. The van der Waals surface area contributed by atoms with Crippen LogP contribution in [0.25, 0.3) is 0 Å². The normalized spacial score (nSPS) is 22.4. The van der Waals surface area contributed by atoms with Crippen LogP contribution < -0.4 is 0 Å². The van der Waals surface area contributed by atoms with E-state index in [2.05, 4.69) is 18.7 Å². The Labute approximate surface area is 90.2 Å². The molecule has 1 fully saturated rings. The van der Waals surface area contributed by atoms with E-state index in [1.165, 1.54) is 0 Å². The molecule has 2 unspecified atom stereocenters. The Morgan fingerprint density at radius 2 is 2.14 bits per heavy atom. The molecular weight excluding hydrogens is 198 g/mol. The van der Waals surface area contributed by atoms with Crippen LogP contribution in [0.1, 0.15) is 13.8 Å². The highest BCUT2D eigenvalue weighted by Crippen LogP contribution is 2.32. The number of methoxy groups -OCH3 is 1. The van der Waals surface area contributed by atoms with Crippen molar-refractivity contribution in [3.05, 3.63) is 0 Å². The highest BCUT2D eigenvalue weighted by Gasteiger charge is 2.37. The number of carbonyl (C=O) groups is 1. The molecule has 1 aliphatic rings. The van der Waals surface area contributed by atoms with Gasteiger partial charge >= 0.3 is 0 Å². The Balaban J connectivity index is 2.55. The van der Waals surface area contributed by atoms with Crippen LogP contribution in [0.4, 0.5) is 0 Å². The third-order valence-electron chi connectivity index (χ3n) is 2.56. The van der Waals surface area contributed by atoms with Gasteiger partial charge in [0.2, 0.25) is 0 Å². The molecule has 0 N–H and O–H groups in total. The van der Waals surface area contributed by atoms with E-state index < -0.39 is 0 Å². The summed E-state index contributed by atoms with van der Waals surface area (Å²) in [5.41, 5.74) is 0. The molecule has 82 valence electrons. The molecule has 0 aromatic rings. The largest absolute Gasteiger partial charge is 0.383 e. The van der Waals surface area contributed by atoms with Crippen molar-refractivity contribution < 1.29 is 9.53 Å². The van der Waals surface area contributed by atoms with Gasteiger partial charge in [0.25, 0.3) is 0 Å². The van der Waals surface area contributed by atoms with Gasteiger partial charge in [0.1, 0.15) is 0 Å². The second kappa shape index (κ2) is 5.73. The van der Waals surface area contributed by atoms with Crippen LogP contribution in [0.5, 0.6) is 0 Å². The zero-order chi connectivity index (χ0) is 10.6. The Morgan fingerprint density at radius 3 is 2.50 bits per heavy atom. The van der Waals surface area contributed by atoms with E-state index >= 15 is 0 Å². The van der Waals surface area contributed by atoms with Crippen molar-refractivity contribution in [3.8, 4) is 0 Å². The summed E-state index contributed by atoms with van der Waals surface area (Å²) in [6, 6.07) is -0.0324. The Bertz CT molecular complexity index is 191. The molecular formula is C10H19NO2S. The van der Waals surface area contributed by atoms with Gasteiger partial charge in [-0.15, -0.1) is 11.8 Å². The van der Waals surface area contributed by atoms with Gasteiger partial charge in [-0.25, -0.2) is 0 Å². The van der Waals surface area contributed by atoms with Crippen molar-refractivity contribution in [2.24, 2.45) is 0 Å². The van der Waals surface area contributed by atoms with Gasteiger partial charge in [-0.1, -0.05) is 13.8 Å². The summed E-state index contributed by atoms with van der Waals surface area (Å²) in [7, 11) is 1.66. The minimum absolute atomic E-state index is 0.0324. The van der Waals surface area contributed by atoms with Crippen LogP contribution in [0.2, 0.25) is 0 Å². The molecule has 2 atom stereocenters. The lowest BCUT2D eigenvalue weighted by Gasteiger charge is -2.27. The zero-order valence-corrected chi connectivity index (χ0v) is 9.97. The number of hydrogen-bond acceptors (Lipinski definition) is 4. The number of ketones is 1. The molecule has 0 aromatic heterocycles. The third kappa shape index (κ3) is 2.97. The average molecular weight is 217 g/mol. The Morgan fingerprint density at radius 1 is 1.57 bits per heavy atom. The molecule has 0 saturated carbocycles. The molecule has 14 heavy (non-hydrogen) atoms. The van der Waals surface area contributed by atoms with E-state index in [4.69, 9.17) is 4.74 Å². The van der Waals surface area contributed by atoms with Crippen LogP contribution in [0.3, 0.4) is 0 Å². The number of nitrogens with zero attached hydrogens (tertiary/aromatic N) is 1. The lowest BCUT2D eigenvalue weighted by atomic mass is 10.1. The topological polar surface area (TPSA) is 29.5 Å². The lowest BCUT2D eigenvalue weighted by molar-refractivity contribution is -0.124. The smallest absolute Gasteiger partial charge is 0.166 e. The first kappa shape index (κ1) is 12.0. The standard InChI is InChI=1S/C10H19NO2S/c1-4-11(5-2)8(6-13-3)10(12)9-7-14-9/h8-9H,4-7H2,1-3H3. The summed E-state index contributed by atoms with van der Waals surface area (Å²) in [4.78, 5) is 14.1. The van der Waals surface area contributed by atoms with Crippen molar-refractivity contribution in [1.82, 2.24) is 4.90 Å². The first-order valence-electron chi connectivity index (χ1n) is 5.12. The van der Waals surface area contributed by atoms with Gasteiger partial charge in [0, 0.05) is 12.9 Å². The first-order valence-corrected chi connectivity index (χ1v) is 6.17. The molecule has 1 heterocycles. The molecule has 0 aromatic carbocycles. The SMILES string of the molecule is CCN(CC)C(COC)C(=O)C1CS1. The number of carbonyl (C=O) groups excluding carboxylic acids is 1. The first-order chi connectivity index (χ1) is 6.74. The van der Waals surface area contributed by atoms with E-state index in [0.29, 0.717) is 12.4 Å². The van der Waals surface area contributed by atoms with Gasteiger partial charge in [-0.2, -0.15) is 0 Å². The van der Waals surface area contributed by atoms with E-state index in [1.807, 2.05) is 0 Å². The lowest BCUT2D eigenvalue weighted by Crippen LogP contribution is -2.45. The number of rotatable bonds is 7. The summed E-state index contributed by atoms with van der Waals surface area (Å²) in [6.45, 7) is 6.51. The predicted molar refractivity (Wildman–Crippen MR) is 59.8 cm³/mol. The van der Waals surface area contributed by atoms with Crippen LogP contribution in [0.15, 0.2) is 0 Å². The van der Waals surface area contributed by atoms with Crippen LogP contribution >= 0.6 is 11.8 Å². The summed E-state index contributed by atoms with van der Waals surface area (Å²) in [5.74, 6) is 1.35. The minimum atomic E-state index is -0.0324. The van der Waals surface area contributed by atoms with Gasteiger partial charge in [-0.05, 0) is 13.1 Å². The van der Waals surface area contributed by atoms with Crippen molar-refractivity contribution in [2.45, 2.75) is 25.1 Å². The number of hydrogen-bond donors (Lipinski definition) is 0. The summed E-state index contributed by atoms with van der Waals surface area (Å²) in [6.07, 6.45) is 0. The molecule has 1 aliphatic heterocycles. The van der Waals surface area contributed by atoms with E-state index in [1.54, 1.807) is 18.9 Å². The fourth-order valence-corrected chi connectivity index (χ4v) is 2.20. The molecule has 4 heteroatoms. The Kier molecular flexibility index (Phi) is 4.92. The Hall–Kier alpha value is -0.0600. The van der Waals surface area contributed by atoms with E-state index in [0.717, 1.165) is 18.8 Å². The van der Waals surface area contributed by atoms with Crippen LogP contribution in [-0.2, 0) is 9.53 Å². The van der Waals surface area contributed by atoms with Crippen molar-refractivity contribution >= 4 is 17.5 Å². The van der Waals surface area contributed by atoms with Gasteiger partial charge in [-0.3, -0.25) is 9.69 Å². The van der Waals surface area contributed by atoms with E-state index in [9.17, 15) is 4.79 Å². The number of likely N-dealkylation sites (N-methyl/N-ethyl adjacent to an activating group) is 1. The maximum absolute atomic E-state index is 11.9. The number of ether oxygens (including phenoxy) is 1. The highest BCUT2D eigenvalue weighted by molar-refractivity contribution is 8.07. The summed E-state index contributed by atoms with van der Waals surface area (Å²) >= 11 is 1.74. The third-order valence-corrected chi connectivity index (χ3v) is 3.46. The molecule has 3 nitrogen and oxygen atoms in total. The van der Waals surface area contributed by atoms with E-state index in [-0.39, 0.29) is 11.3 Å². The molecule has 1 rings (SSSR count). The number of Topliss-reactive ketones (excluding diaryl/α,β-unsaturated/α-hetero) is 1. The quantitative estimate of drug-likeness (QED) is 0.596. The molecule has 0 amide bonds. The van der Waals surface area contributed by atoms with Crippen molar-refractivity contribution in [1.29, 1.82) is 0 Å². The van der Waals surface area contributed by atoms with Crippen molar-refractivity contribution in [2.75, 3.05) is 32.6 Å². The molecule has 0 spiro atoms. The molecule has 0 radical (unpaired) electrons. The van der Waals surface area contributed by atoms with Crippen LogP contribution in [0, 0.1) is 0 Å². The fraction of sp³-hybridized carbons (Fsp3) is 0.900. The highest BCUT2D eigenvalue weighted by atomic mass is 32.2. The zero-order valence-electron chi connectivity index (χ0n) is 9.16. The van der Waals surface area contributed by atoms with Gasteiger partial charge in [0.05, 0.1) is 17.9 Å². The second-order valence-corrected chi connectivity index (χ2v) is 4.65. The molecule has 1 saturated heterocycles. The average Bonchev–Trinajstić information content (AvgIpc) is 3.00. The van der Waals surface area contributed by atoms with Crippen molar-refractivity contribution in [3.63, 3.8) is 0 Å². The predicted octanol–water partition coefficient (Wildman–Crippen LogP) is 1.03. The number of thioether (sulfide) groups is 1. The minimum Gasteiger partial charge on any atom is -0.383 e. The van der Waals surface area contributed by atoms with Gasteiger partial charge < -0.3 is 4.74 Å². The summed E-state index contributed by atoms with van der Waals surface area (Å²) in [5, 5.41) is 0.246. The summed E-state index contributed by atoms with van der Waals surface area (Å²) < 4.78 is 5.12. The van der Waals surface area contributed by atoms with Gasteiger partial charge in [0.15, 0.2) is 5.78 Å². The monoisotopic (exact) mass is 217 g/mol. The second-order valence-electron chi connectivity index (χ2n) is 3.42. The maximum Gasteiger partial charge on any atom is 0.166 e. The molecule has 0 bridgehead atoms. The maximum atomic E-state index is 11.9.